The molecule has 2 rings (SSSR count). The smallest absolute Gasteiger partial charge is 0.148 e. The third kappa shape index (κ3) is 6.55. The molecule has 0 unspecified atom stereocenters. The number of phenolic OH excluding ortho intramolecular Hbond substituents is 1. The summed E-state index contributed by atoms with van der Waals surface area (Å²) in [6, 6.07) is 15.5. The van der Waals surface area contributed by atoms with Crippen LogP contribution in [0, 0.1) is 12.3 Å². The zero-order valence-electron chi connectivity index (χ0n) is 16.3. The molecule has 2 aromatic rings. The van der Waals surface area contributed by atoms with Crippen LogP contribution < -0.4 is 4.74 Å². The summed E-state index contributed by atoms with van der Waals surface area (Å²) in [6.07, 6.45) is 5.16. The molecule has 0 radical (unpaired) electrons. The molecule has 2 heteroatoms. The molecule has 2 nitrogen and oxygen atoms in total. The zero-order chi connectivity index (χ0) is 19.1. The van der Waals surface area contributed by atoms with Crippen LogP contribution in [0.3, 0.4) is 0 Å². The molecule has 0 aromatic heterocycles. The van der Waals surface area contributed by atoms with Gasteiger partial charge in [0, 0.05) is 0 Å². The predicted octanol–water partition coefficient (Wildman–Crippen LogP) is 5.69. The van der Waals surface area contributed by atoms with E-state index in [1.54, 1.807) is 6.07 Å². The van der Waals surface area contributed by atoms with Crippen LogP contribution in [-0.4, -0.2) is 11.7 Å². The highest BCUT2D eigenvalue weighted by molar-refractivity contribution is 5.38. The van der Waals surface area contributed by atoms with Crippen LogP contribution in [0.25, 0.3) is 0 Å². The van der Waals surface area contributed by atoms with E-state index in [0.29, 0.717) is 12.4 Å². The van der Waals surface area contributed by atoms with E-state index >= 15 is 0 Å². The summed E-state index contributed by atoms with van der Waals surface area (Å²) in [4.78, 5) is 0. The summed E-state index contributed by atoms with van der Waals surface area (Å²) < 4.78 is 5.48. The van der Waals surface area contributed by atoms with Crippen LogP contribution in [0.2, 0.25) is 0 Å². The number of hydrogen-bond donors (Lipinski definition) is 1. The largest absolute Gasteiger partial charge is 0.508 e. The fourth-order valence-electron chi connectivity index (χ4n) is 2.44. The summed E-state index contributed by atoms with van der Waals surface area (Å²) in [5.41, 5.74) is 2.31. The van der Waals surface area contributed by atoms with Gasteiger partial charge in [0.25, 0.3) is 0 Å². The molecule has 1 N–H and O–H groups in total. The number of benzene rings is 2. The van der Waals surface area contributed by atoms with E-state index in [-0.39, 0.29) is 10.8 Å². The van der Waals surface area contributed by atoms with Crippen LogP contribution in [-0.2, 0) is 10.8 Å². The molecular formula is C23H30O2. The van der Waals surface area contributed by atoms with Gasteiger partial charge >= 0.3 is 0 Å². The summed E-state index contributed by atoms with van der Waals surface area (Å²) in [6.45, 7) is 13.1. The molecule has 0 aliphatic rings. The summed E-state index contributed by atoms with van der Waals surface area (Å²) in [7, 11) is 0. The average molecular weight is 338 g/mol. The zero-order valence-corrected chi connectivity index (χ0v) is 16.3. The third-order valence-corrected chi connectivity index (χ3v) is 3.72. The Kier molecular flexibility index (Phi) is 7.12. The maximum absolute atomic E-state index is 9.45. The van der Waals surface area contributed by atoms with Crippen molar-refractivity contribution in [3.05, 3.63) is 59.7 Å². The Morgan fingerprint density at radius 2 is 1.32 bits per heavy atom. The number of terminal acetylenes is 1. The Hall–Kier alpha value is -2.40. The molecule has 0 saturated carbocycles. The molecule has 2 aromatic carbocycles. The highest BCUT2D eigenvalue weighted by atomic mass is 16.5. The second-order valence-corrected chi connectivity index (χ2v) is 8.01. The lowest BCUT2D eigenvalue weighted by atomic mass is 9.86. The van der Waals surface area contributed by atoms with Crippen molar-refractivity contribution in [3.63, 3.8) is 0 Å². The van der Waals surface area contributed by atoms with Gasteiger partial charge in [0.15, 0.2) is 0 Å². The molecule has 0 heterocycles. The van der Waals surface area contributed by atoms with Gasteiger partial charge in [-0.3, -0.25) is 0 Å². The topological polar surface area (TPSA) is 29.5 Å². The number of rotatable bonds is 2. The van der Waals surface area contributed by atoms with Gasteiger partial charge in [0.1, 0.15) is 18.1 Å². The second-order valence-electron chi connectivity index (χ2n) is 8.01. The molecule has 0 spiro atoms. The van der Waals surface area contributed by atoms with Gasteiger partial charge in [-0.1, -0.05) is 83.9 Å². The number of hydrogen-bond acceptors (Lipinski definition) is 2. The van der Waals surface area contributed by atoms with E-state index < -0.39 is 0 Å². The first-order valence-corrected chi connectivity index (χ1v) is 8.51. The first kappa shape index (κ1) is 20.6. The maximum Gasteiger partial charge on any atom is 0.148 e. The monoisotopic (exact) mass is 338 g/mol. The highest BCUT2D eigenvalue weighted by Crippen LogP contribution is 2.31. The molecule has 0 saturated heterocycles. The van der Waals surface area contributed by atoms with Gasteiger partial charge in [-0.2, -0.15) is 0 Å². The number of aromatic hydroxyl groups is 1. The van der Waals surface area contributed by atoms with E-state index in [1.165, 1.54) is 5.56 Å². The van der Waals surface area contributed by atoms with Crippen molar-refractivity contribution in [2.75, 3.05) is 6.61 Å². The van der Waals surface area contributed by atoms with E-state index in [2.05, 4.69) is 53.5 Å². The Balaban J connectivity index is 0.000000257. The second kappa shape index (κ2) is 8.62. The Morgan fingerprint density at radius 3 is 1.76 bits per heavy atom. The minimum Gasteiger partial charge on any atom is -0.508 e. The van der Waals surface area contributed by atoms with Gasteiger partial charge in [-0.25, -0.2) is 0 Å². The van der Waals surface area contributed by atoms with Crippen molar-refractivity contribution in [1.29, 1.82) is 0 Å². The molecule has 0 atom stereocenters. The average Bonchev–Trinajstić information content (AvgIpc) is 2.52. The van der Waals surface area contributed by atoms with Crippen molar-refractivity contribution in [2.45, 2.75) is 52.4 Å². The van der Waals surface area contributed by atoms with Crippen LogP contribution in [0.15, 0.2) is 48.5 Å². The quantitative estimate of drug-likeness (QED) is 0.713. The van der Waals surface area contributed by atoms with Gasteiger partial charge in [-0.15, -0.1) is 6.42 Å². The van der Waals surface area contributed by atoms with Crippen molar-refractivity contribution >= 4 is 0 Å². The lowest BCUT2D eigenvalue weighted by Crippen LogP contribution is -2.13. The highest BCUT2D eigenvalue weighted by Gasteiger charge is 2.18. The van der Waals surface area contributed by atoms with E-state index in [9.17, 15) is 5.11 Å². The van der Waals surface area contributed by atoms with Crippen molar-refractivity contribution in [3.8, 4) is 23.8 Å². The van der Waals surface area contributed by atoms with Crippen LogP contribution in [0.4, 0.5) is 0 Å². The standard InChI is InChI=1S/C13H16O.C10H14O/c1-5-10-14-12-9-7-6-8-11(12)13(2,3)4;1-10(2,3)8-6-4-5-7-9(8)11/h1,6-9H,10H2,2-4H3;4-7,11H,1-3H3. The van der Waals surface area contributed by atoms with Crippen LogP contribution >= 0.6 is 0 Å². The van der Waals surface area contributed by atoms with Crippen LogP contribution in [0.5, 0.6) is 11.5 Å². The van der Waals surface area contributed by atoms with Crippen molar-refractivity contribution < 1.29 is 9.84 Å². The van der Waals surface area contributed by atoms with E-state index in [0.717, 1.165) is 11.3 Å². The van der Waals surface area contributed by atoms with E-state index in [4.69, 9.17) is 11.2 Å². The minimum absolute atomic E-state index is 0.0331. The Bertz CT molecular complexity index is 710. The predicted molar refractivity (Wildman–Crippen MR) is 106 cm³/mol. The fraction of sp³-hybridized carbons (Fsp3) is 0.391. The third-order valence-electron chi connectivity index (χ3n) is 3.72. The number of para-hydroxylation sites is 2. The van der Waals surface area contributed by atoms with E-state index in [1.807, 2.05) is 36.4 Å². The molecular weight excluding hydrogens is 308 g/mol. The number of ether oxygens (including phenoxy) is 1. The van der Waals surface area contributed by atoms with Crippen molar-refractivity contribution in [1.82, 2.24) is 0 Å². The summed E-state index contributed by atoms with van der Waals surface area (Å²) in [5.74, 6) is 3.75. The van der Waals surface area contributed by atoms with Crippen LogP contribution in [0.1, 0.15) is 52.7 Å². The molecule has 0 aliphatic heterocycles. The molecule has 25 heavy (non-hydrogen) atoms. The molecule has 0 amide bonds. The summed E-state index contributed by atoms with van der Waals surface area (Å²) in [5, 5.41) is 9.45. The fourth-order valence-corrected chi connectivity index (χ4v) is 2.44. The summed E-state index contributed by atoms with van der Waals surface area (Å²) >= 11 is 0. The lowest BCUT2D eigenvalue weighted by Gasteiger charge is -2.22. The van der Waals surface area contributed by atoms with Gasteiger partial charge in [-0.05, 0) is 34.1 Å². The Labute approximate surface area is 152 Å². The SMILES string of the molecule is C#CCOc1ccccc1C(C)(C)C.CC(C)(C)c1ccccc1O. The van der Waals surface area contributed by atoms with Crippen molar-refractivity contribution in [2.24, 2.45) is 0 Å². The molecule has 134 valence electrons. The van der Waals surface area contributed by atoms with Gasteiger partial charge in [0.2, 0.25) is 0 Å². The first-order chi connectivity index (χ1) is 11.6. The molecule has 0 fully saturated rings. The van der Waals surface area contributed by atoms with Gasteiger partial charge < -0.3 is 9.84 Å². The maximum atomic E-state index is 9.45. The molecule has 0 bridgehead atoms. The normalized spacial score (nSPS) is 11.1. The van der Waals surface area contributed by atoms with Gasteiger partial charge in [0.05, 0.1) is 0 Å². The Morgan fingerprint density at radius 1 is 0.840 bits per heavy atom. The minimum atomic E-state index is 0.0331. The first-order valence-electron chi connectivity index (χ1n) is 8.51. The lowest BCUT2D eigenvalue weighted by molar-refractivity contribution is 0.357. The number of phenols is 1. The molecule has 0 aliphatic carbocycles.